The molecule has 2 aromatic carbocycles. The van der Waals surface area contributed by atoms with Gasteiger partial charge in [-0.25, -0.2) is 16.8 Å². The van der Waals surface area contributed by atoms with E-state index in [1.807, 2.05) is 0 Å². The Morgan fingerprint density at radius 2 is 1.77 bits per heavy atom. The van der Waals surface area contributed by atoms with Crippen LogP contribution in [0.25, 0.3) is 0 Å². The Bertz CT molecular complexity index is 1020. The Labute approximate surface area is 162 Å². The lowest BCUT2D eigenvalue weighted by atomic mass is 10.0. The van der Waals surface area contributed by atoms with Crippen LogP contribution in [-0.4, -0.2) is 29.1 Å². The lowest BCUT2D eigenvalue weighted by molar-refractivity contribution is 0.587. The van der Waals surface area contributed by atoms with E-state index in [1.165, 1.54) is 16.4 Å². The minimum atomic E-state index is -3.71. The molecule has 1 aliphatic rings. The second-order valence-electron chi connectivity index (χ2n) is 5.98. The fourth-order valence-electron chi connectivity index (χ4n) is 2.90. The van der Waals surface area contributed by atoms with E-state index in [4.69, 9.17) is 0 Å². The fourth-order valence-corrected chi connectivity index (χ4v) is 5.41. The predicted octanol–water partition coefficient (Wildman–Crippen LogP) is 3.35. The molecule has 0 spiro atoms. The minimum absolute atomic E-state index is 0.0321. The highest BCUT2D eigenvalue weighted by Gasteiger charge is 2.26. The van der Waals surface area contributed by atoms with Gasteiger partial charge in [-0.05, 0) is 67.8 Å². The fraction of sp³-hybridized carbons (Fsp3) is 0.294. The first-order chi connectivity index (χ1) is 12.2. The molecule has 9 heteroatoms. The summed E-state index contributed by atoms with van der Waals surface area (Å²) >= 11 is 3.28. The summed E-state index contributed by atoms with van der Waals surface area (Å²) in [4.78, 5) is 0.161. The van der Waals surface area contributed by atoms with Crippen molar-refractivity contribution in [1.29, 1.82) is 0 Å². The third-order valence-electron chi connectivity index (χ3n) is 4.23. The molecule has 26 heavy (non-hydrogen) atoms. The van der Waals surface area contributed by atoms with Crippen molar-refractivity contribution in [2.75, 3.05) is 21.3 Å². The molecular formula is C17H19BrN2O4S2. The molecular weight excluding hydrogens is 440 g/mol. The van der Waals surface area contributed by atoms with Crippen LogP contribution in [0.1, 0.15) is 18.9 Å². The predicted molar refractivity (Wildman–Crippen MR) is 107 cm³/mol. The number of hydrogen-bond donors (Lipinski definition) is 1. The van der Waals surface area contributed by atoms with Crippen LogP contribution in [0.2, 0.25) is 0 Å². The van der Waals surface area contributed by atoms with Gasteiger partial charge in [0.2, 0.25) is 10.0 Å². The van der Waals surface area contributed by atoms with Crippen LogP contribution in [0, 0.1) is 0 Å². The summed E-state index contributed by atoms with van der Waals surface area (Å²) in [5.74, 6) is 0.0321. The van der Waals surface area contributed by atoms with Gasteiger partial charge in [0.15, 0.2) is 0 Å². The maximum atomic E-state index is 12.5. The Hall–Kier alpha value is -1.58. The van der Waals surface area contributed by atoms with Crippen molar-refractivity contribution < 1.29 is 16.8 Å². The lowest BCUT2D eigenvalue weighted by Crippen LogP contribution is -2.36. The largest absolute Gasteiger partial charge is 0.280 e. The number of rotatable bonds is 5. The summed E-state index contributed by atoms with van der Waals surface area (Å²) in [7, 11) is -7.05. The van der Waals surface area contributed by atoms with Gasteiger partial charge < -0.3 is 0 Å². The van der Waals surface area contributed by atoms with Crippen LogP contribution in [0.3, 0.4) is 0 Å². The maximum Gasteiger partial charge on any atom is 0.261 e. The summed E-state index contributed by atoms with van der Waals surface area (Å²) in [6.07, 6.45) is 1.41. The van der Waals surface area contributed by atoms with Crippen molar-refractivity contribution in [3.05, 3.63) is 52.5 Å². The topological polar surface area (TPSA) is 83.6 Å². The van der Waals surface area contributed by atoms with Crippen LogP contribution in [0.15, 0.2) is 51.8 Å². The van der Waals surface area contributed by atoms with Crippen LogP contribution < -0.4 is 9.03 Å². The van der Waals surface area contributed by atoms with Crippen molar-refractivity contribution in [2.24, 2.45) is 0 Å². The van der Waals surface area contributed by atoms with Crippen LogP contribution in [0.5, 0.6) is 0 Å². The molecule has 0 radical (unpaired) electrons. The summed E-state index contributed by atoms with van der Waals surface area (Å²) in [6.45, 7) is 2.07. The molecule has 1 aliphatic heterocycles. The molecule has 0 amide bonds. The van der Waals surface area contributed by atoms with Gasteiger partial charge in [0.1, 0.15) is 0 Å². The quantitative estimate of drug-likeness (QED) is 0.744. The molecule has 2 aromatic rings. The standard InChI is InChI=1S/C17H19BrN2O4S2/c1-2-25(21,22)20-11-3-4-13-12-15(7-10-17(13)20)19-26(23,24)16-8-5-14(18)6-9-16/h5-10,12,19H,2-4,11H2,1H3. The smallest absolute Gasteiger partial charge is 0.261 e. The number of aryl methyl sites for hydroxylation is 1. The molecule has 140 valence electrons. The van der Waals surface area contributed by atoms with E-state index >= 15 is 0 Å². The first-order valence-electron chi connectivity index (χ1n) is 8.15. The van der Waals surface area contributed by atoms with Gasteiger partial charge in [-0.2, -0.15) is 0 Å². The van der Waals surface area contributed by atoms with E-state index < -0.39 is 20.0 Å². The summed E-state index contributed by atoms with van der Waals surface area (Å²) in [6, 6.07) is 11.3. The van der Waals surface area contributed by atoms with Gasteiger partial charge in [0, 0.05) is 16.7 Å². The molecule has 0 saturated carbocycles. The first-order valence-corrected chi connectivity index (χ1v) is 12.0. The monoisotopic (exact) mass is 458 g/mol. The molecule has 0 fully saturated rings. The number of sulfonamides is 2. The Morgan fingerprint density at radius 1 is 1.08 bits per heavy atom. The highest BCUT2D eigenvalue weighted by Crippen LogP contribution is 2.32. The number of hydrogen-bond acceptors (Lipinski definition) is 4. The molecule has 0 unspecified atom stereocenters. The minimum Gasteiger partial charge on any atom is -0.280 e. The van der Waals surface area contributed by atoms with Crippen LogP contribution >= 0.6 is 15.9 Å². The summed E-state index contributed by atoms with van der Waals surface area (Å²) in [5.41, 5.74) is 1.87. The molecule has 1 heterocycles. The van der Waals surface area contributed by atoms with Crippen LogP contribution in [-0.2, 0) is 26.5 Å². The number of fused-ring (bicyclic) bond motifs is 1. The van der Waals surface area contributed by atoms with Crippen molar-refractivity contribution in [3.63, 3.8) is 0 Å². The van der Waals surface area contributed by atoms with E-state index in [1.54, 1.807) is 37.3 Å². The Balaban J connectivity index is 1.91. The van der Waals surface area contributed by atoms with Crippen LogP contribution in [0.4, 0.5) is 11.4 Å². The van der Waals surface area contributed by atoms with Gasteiger partial charge >= 0.3 is 0 Å². The zero-order valence-corrected chi connectivity index (χ0v) is 17.4. The second-order valence-corrected chi connectivity index (χ2v) is 10.8. The number of nitrogens with zero attached hydrogens (tertiary/aromatic N) is 1. The Morgan fingerprint density at radius 3 is 2.42 bits per heavy atom. The molecule has 0 atom stereocenters. The van der Waals surface area contributed by atoms with Crippen molar-refractivity contribution in [2.45, 2.75) is 24.7 Å². The third-order valence-corrected chi connectivity index (χ3v) is 7.94. The average Bonchev–Trinajstić information content (AvgIpc) is 2.61. The molecule has 0 saturated heterocycles. The van der Waals surface area contributed by atoms with Gasteiger partial charge in [-0.3, -0.25) is 9.03 Å². The molecule has 0 bridgehead atoms. The van der Waals surface area contributed by atoms with Gasteiger partial charge in [0.05, 0.1) is 16.3 Å². The molecule has 6 nitrogen and oxygen atoms in total. The highest BCUT2D eigenvalue weighted by molar-refractivity contribution is 9.10. The SMILES string of the molecule is CCS(=O)(=O)N1CCCc2cc(NS(=O)(=O)c3ccc(Br)cc3)ccc21. The van der Waals surface area contributed by atoms with E-state index in [9.17, 15) is 16.8 Å². The molecule has 3 rings (SSSR count). The van der Waals surface area contributed by atoms with E-state index in [-0.39, 0.29) is 10.6 Å². The summed E-state index contributed by atoms with van der Waals surface area (Å²) in [5, 5.41) is 0. The second kappa shape index (κ2) is 7.21. The number of halogens is 1. The van der Waals surface area contributed by atoms with Gasteiger partial charge in [-0.1, -0.05) is 15.9 Å². The summed E-state index contributed by atoms with van der Waals surface area (Å²) < 4.78 is 54.3. The molecule has 0 aliphatic carbocycles. The Kier molecular flexibility index (Phi) is 5.32. The normalized spacial score (nSPS) is 14.8. The maximum absolute atomic E-state index is 12.5. The zero-order valence-electron chi connectivity index (χ0n) is 14.1. The van der Waals surface area contributed by atoms with Crippen molar-refractivity contribution in [1.82, 2.24) is 0 Å². The number of nitrogens with one attached hydrogen (secondary N) is 1. The molecule has 0 aromatic heterocycles. The van der Waals surface area contributed by atoms with E-state index in [0.717, 1.165) is 10.0 Å². The molecule has 1 N–H and O–H groups in total. The van der Waals surface area contributed by atoms with Crippen molar-refractivity contribution >= 4 is 47.4 Å². The van der Waals surface area contributed by atoms with E-state index in [0.29, 0.717) is 30.8 Å². The van der Waals surface area contributed by atoms with Gasteiger partial charge in [-0.15, -0.1) is 0 Å². The first kappa shape index (κ1) is 19.2. The van der Waals surface area contributed by atoms with Gasteiger partial charge in [0.25, 0.3) is 10.0 Å². The number of benzene rings is 2. The number of anilines is 2. The third kappa shape index (κ3) is 3.89. The lowest BCUT2D eigenvalue weighted by Gasteiger charge is -2.30. The van der Waals surface area contributed by atoms with E-state index in [2.05, 4.69) is 20.7 Å². The average molecular weight is 459 g/mol. The zero-order chi connectivity index (χ0) is 18.9. The highest BCUT2D eigenvalue weighted by atomic mass is 79.9. The van der Waals surface area contributed by atoms with Crippen molar-refractivity contribution in [3.8, 4) is 0 Å².